The third kappa shape index (κ3) is 3.16. The molecule has 1 aliphatic carbocycles. The van der Waals surface area contributed by atoms with Gasteiger partial charge in [0.05, 0.1) is 25.3 Å². The van der Waals surface area contributed by atoms with Crippen molar-refractivity contribution in [3.05, 3.63) is 33.9 Å². The van der Waals surface area contributed by atoms with Crippen molar-refractivity contribution in [2.24, 2.45) is 0 Å². The van der Waals surface area contributed by atoms with Crippen LogP contribution >= 0.6 is 0 Å². The molecule has 22 heavy (non-hydrogen) atoms. The maximum absolute atomic E-state index is 12.2. The summed E-state index contributed by atoms with van der Waals surface area (Å²) in [6.45, 7) is 2.14. The molecule has 0 fully saturated rings. The summed E-state index contributed by atoms with van der Waals surface area (Å²) in [6.07, 6.45) is 6.61. The second-order valence-electron chi connectivity index (χ2n) is 5.71. The summed E-state index contributed by atoms with van der Waals surface area (Å²) in [7, 11) is 2.81. The van der Waals surface area contributed by atoms with E-state index in [9.17, 15) is 9.59 Å². The van der Waals surface area contributed by atoms with Crippen LogP contribution in [0.4, 0.5) is 0 Å². The van der Waals surface area contributed by atoms with Crippen LogP contribution in [0.1, 0.15) is 70.0 Å². The Hall–Kier alpha value is -1.84. The van der Waals surface area contributed by atoms with Crippen LogP contribution in [-0.4, -0.2) is 26.2 Å². The average molecular weight is 304 g/mol. The van der Waals surface area contributed by atoms with Crippen molar-refractivity contribution in [2.45, 2.75) is 51.9 Å². The third-order valence-electron chi connectivity index (χ3n) is 4.33. The zero-order chi connectivity index (χ0) is 16.1. The van der Waals surface area contributed by atoms with Crippen LogP contribution in [0, 0.1) is 0 Å². The van der Waals surface area contributed by atoms with Gasteiger partial charge in [0.25, 0.3) is 0 Å². The highest BCUT2D eigenvalue weighted by atomic mass is 16.5. The number of ether oxygens (including phenoxy) is 2. The van der Waals surface area contributed by atoms with Crippen molar-refractivity contribution in [1.29, 1.82) is 0 Å². The molecular formula is C18H24O4. The molecule has 0 bridgehead atoms. The molecule has 0 amide bonds. The number of rotatable bonds is 6. The maximum Gasteiger partial charge on any atom is 0.338 e. The Morgan fingerprint density at radius 3 is 2.36 bits per heavy atom. The molecule has 0 atom stereocenters. The summed E-state index contributed by atoms with van der Waals surface area (Å²) in [4.78, 5) is 24.3. The van der Waals surface area contributed by atoms with Crippen molar-refractivity contribution in [2.75, 3.05) is 14.2 Å². The predicted octanol–water partition coefficient (Wildman–Crippen LogP) is 3.48. The second-order valence-corrected chi connectivity index (χ2v) is 5.71. The molecule has 0 heterocycles. The van der Waals surface area contributed by atoms with Gasteiger partial charge in [-0.25, -0.2) is 9.59 Å². The Morgan fingerprint density at radius 1 is 1.05 bits per heavy atom. The number of aryl methyl sites for hydroxylation is 1. The third-order valence-corrected chi connectivity index (χ3v) is 4.33. The van der Waals surface area contributed by atoms with Gasteiger partial charge in [-0.15, -0.1) is 0 Å². The molecule has 4 heteroatoms. The molecule has 1 aromatic carbocycles. The van der Waals surface area contributed by atoms with Gasteiger partial charge in [0, 0.05) is 0 Å². The largest absolute Gasteiger partial charge is 0.465 e. The van der Waals surface area contributed by atoms with E-state index in [-0.39, 0.29) is 11.9 Å². The molecule has 0 saturated heterocycles. The lowest BCUT2D eigenvalue weighted by Gasteiger charge is -2.16. The number of methoxy groups -OCH3 is 2. The summed E-state index contributed by atoms with van der Waals surface area (Å²) in [5.74, 6) is -0.604. The summed E-state index contributed by atoms with van der Waals surface area (Å²) in [5.41, 5.74) is 4.17. The minimum absolute atomic E-state index is 0.291. The van der Waals surface area contributed by atoms with Gasteiger partial charge in [-0.3, -0.25) is 0 Å². The van der Waals surface area contributed by atoms with Crippen molar-refractivity contribution in [3.8, 4) is 0 Å². The number of hydrogen-bond donors (Lipinski definition) is 0. The monoisotopic (exact) mass is 304 g/mol. The van der Waals surface area contributed by atoms with Gasteiger partial charge in [-0.1, -0.05) is 19.8 Å². The number of benzene rings is 1. The Labute approximate surface area is 131 Å². The summed E-state index contributed by atoms with van der Waals surface area (Å²) >= 11 is 0. The number of hydrogen-bond acceptors (Lipinski definition) is 4. The Bertz CT molecular complexity index is 575. The van der Waals surface area contributed by atoms with Gasteiger partial charge in [0.15, 0.2) is 0 Å². The summed E-state index contributed by atoms with van der Waals surface area (Å²) in [6, 6.07) is 1.85. The molecule has 0 radical (unpaired) electrons. The molecular weight excluding hydrogens is 280 g/mol. The van der Waals surface area contributed by atoms with E-state index >= 15 is 0 Å². The fourth-order valence-corrected chi connectivity index (χ4v) is 3.26. The van der Waals surface area contributed by atoms with Gasteiger partial charge in [-0.2, -0.15) is 0 Å². The van der Waals surface area contributed by atoms with Crippen molar-refractivity contribution in [3.63, 3.8) is 0 Å². The van der Waals surface area contributed by atoms with Gasteiger partial charge < -0.3 is 9.47 Å². The van der Waals surface area contributed by atoms with E-state index in [0.717, 1.165) is 61.6 Å². The highest BCUT2D eigenvalue weighted by Gasteiger charge is 2.28. The van der Waals surface area contributed by atoms with E-state index in [2.05, 4.69) is 6.92 Å². The lowest BCUT2D eigenvalue weighted by Crippen LogP contribution is -2.14. The number of carbonyl (C=O) groups is 2. The van der Waals surface area contributed by atoms with E-state index < -0.39 is 0 Å². The molecule has 0 N–H and O–H groups in total. The lowest BCUT2D eigenvalue weighted by molar-refractivity contribution is 0.0584. The van der Waals surface area contributed by atoms with Crippen LogP contribution in [0.15, 0.2) is 6.07 Å². The average Bonchev–Trinajstić information content (AvgIpc) is 3.02. The smallest absolute Gasteiger partial charge is 0.338 e. The Balaban J connectivity index is 2.53. The molecule has 0 aromatic heterocycles. The first-order valence-corrected chi connectivity index (χ1v) is 7.98. The SMILES string of the molecule is CCCCCc1cc(C(=O)OC)c2c(c1C(=O)OC)CCC2. The van der Waals surface area contributed by atoms with Crippen LogP contribution in [0.3, 0.4) is 0 Å². The van der Waals surface area contributed by atoms with E-state index in [1.807, 2.05) is 6.07 Å². The highest BCUT2D eigenvalue weighted by Crippen LogP contribution is 2.33. The van der Waals surface area contributed by atoms with Gasteiger partial charge in [0.1, 0.15) is 0 Å². The van der Waals surface area contributed by atoms with E-state index in [1.165, 1.54) is 14.2 Å². The molecule has 0 unspecified atom stereocenters. The quantitative estimate of drug-likeness (QED) is 0.596. The zero-order valence-corrected chi connectivity index (χ0v) is 13.7. The molecule has 120 valence electrons. The van der Waals surface area contributed by atoms with Crippen LogP contribution in [0.2, 0.25) is 0 Å². The van der Waals surface area contributed by atoms with Gasteiger partial charge in [-0.05, 0) is 54.9 Å². The lowest BCUT2D eigenvalue weighted by atomic mass is 9.90. The fourth-order valence-electron chi connectivity index (χ4n) is 3.26. The zero-order valence-electron chi connectivity index (χ0n) is 13.7. The minimum Gasteiger partial charge on any atom is -0.465 e. The first kappa shape index (κ1) is 16.5. The standard InChI is InChI=1S/C18H24O4/c1-4-5-6-8-12-11-15(17(19)21-2)13-9-7-10-14(13)16(12)18(20)22-3/h11H,4-10H2,1-3H3. The molecule has 0 saturated carbocycles. The normalized spacial score (nSPS) is 12.9. The van der Waals surface area contributed by atoms with E-state index in [4.69, 9.17) is 9.47 Å². The first-order chi connectivity index (χ1) is 10.6. The van der Waals surface area contributed by atoms with Crippen molar-refractivity contribution < 1.29 is 19.1 Å². The second kappa shape index (κ2) is 7.43. The van der Waals surface area contributed by atoms with E-state index in [1.54, 1.807) is 0 Å². The van der Waals surface area contributed by atoms with Gasteiger partial charge in [0.2, 0.25) is 0 Å². The predicted molar refractivity (Wildman–Crippen MR) is 84.4 cm³/mol. The maximum atomic E-state index is 12.2. The molecule has 1 aromatic rings. The molecule has 4 nitrogen and oxygen atoms in total. The molecule has 0 spiro atoms. The van der Waals surface area contributed by atoms with Crippen LogP contribution in [-0.2, 0) is 28.7 Å². The van der Waals surface area contributed by atoms with Crippen LogP contribution < -0.4 is 0 Å². The van der Waals surface area contributed by atoms with Crippen molar-refractivity contribution >= 4 is 11.9 Å². The highest BCUT2D eigenvalue weighted by molar-refractivity contribution is 5.98. The minimum atomic E-state index is -0.314. The molecule has 2 rings (SSSR count). The fraction of sp³-hybridized carbons (Fsp3) is 0.556. The number of carbonyl (C=O) groups excluding carboxylic acids is 2. The van der Waals surface area contributed by atoms with Gasteiger partial charge >= 0.3 is 11.9 Å². The van der Waals surface area contributed by atoms with Crippen molar-refractivity contribution in [1.82, 2.24) is 0 Å². The topological polar surface area (TPSA) is 52.6 Å². The summed E-state index contributed by atoms with van der Waals surface area (Å²) < 4.78 is 9.89. The first-order valence-electron chi connectivity index (χ1n) is 7.98. The van der Waals surface area contributed by atoms with Crippen LogP contribution in [0.5, 0.6) is 0 Å². The van der Waals surface area contributed by atoms with Crippen LogP contribution in [0.25, 0.3) is 0 Å². The number of esters is 2. The number of fused-ring (bicyclic) bond motifs is 1. The number of unbranched alkanes of at least 4 members (excludes halogenated alkanes) is 2. The van der Waals surface area contributed by atoms with E-state index in [0.29, 0.717) is 11.1 Å². The summed E-state index contributed by atoms with van der Waals surface area (Å²) in [5, 5.41) is 0. The molecule has 0 aliphatic heterocycles. The Kier molecular flexibility index (Phi) is 5.58. The Morgan fingerprint density at radius 2 is 1.73 bits per heavy atom. The molecule has 1 aliphatic rings.